The quantitative estimate of drug-likeness (QED) is 0.917. The zero-order valence-corrected chi connectivity index (χ0v) is 12.1. The normalized spacial score (nSPS) is 11.1. The molecule has 0 aliphatic rings. The molecule has 21 heavy (non-hydrogen) atoms. The Balaban J connectivity index is 2.27. The fraction of sp³-hybridized carbons (Fsp3) is 0.133. The Hall–Kier alpha value is -2.34. The second-order valence-electron chi connectivity index (χ2n) is 4.44. The smallest absolute Gasteiger partial charge is 0.335 e. The van der Waals surface area contributed by atoms with Crippen molar-refractivity contribution < 1.29 is 23.1 Å². The Morgan fingerprint density at radius 3 is 2.38 bits per heavy atom. The van der Waals surface area contributed by atoms with Gasteiger partial charge in [-0.25, -0.2) is 13.2 Å². The number of carboxylic acid groups (broad SMARTS) is 1. The molecule has 0 heterocycles. The number of rotatable bonds is 5. The van der Waals surface area contributed by atoms with Crippen LogP contribution in [0.4, 0.5) is 0 Å². The molecule has 2 aromatic carbocycles. The van der Waals surface area contributed by atoms with E-state index in [1.165, 1.54) is 31.4 Å². The van der Waals surface area contributed by atoms with Crippen molar-refractivity contribution in [2.24, 2.45) is 0 Å². The third-order valence-electron chi connectivity index (χ3n) is 2.95. The second-order valence-corrected chi connectivity index (χ2v) is 6.43. The molecule has 0 amide bonds. The first kappa shape index (κ1) is 15.1. The third-order valence-corrected chi connectivity index (χ3v) is 4.65. The van der Waals surface area contributed by atoms with Gasteiger partial charge in [-0.3, -0.25) is 0 Å². The van der Waals surface area contributed by atoms with Crippen molar-refractivity contribution in [2.75, 3.05) is 7.11 Å². The predicted octanol–water partition coefficient (Wildman–Crippen LogP) is 2.37. The molecule has 0 saturated heterocycles. The van der Waals surface area contributed by atoms with Crippen molar-refractivity contribution in [3.8, 4) is 5.75 Å². The van der Waals surface area contributed by atoms with Crippen LogP contribution in [0.1, 0.15) is 15.9 Å². The first-order valence-corrected chi connectivity index (χ1v) is 7.76. The van der Waals surface area contributed by atoms with Crippen LogP contribution in [0.2, 0.25) is 0 Å². The highest BCUT2D eigenvalue weighted by Gasteiger charge is 2.16. The Labute approximate surface area is 122 Å². The van der Waals surface area contributed by atoms with Crippen LogP contribution in [0.15, 0.2) is 53.4 Å². The minimum absolute atomic E-state index is 0.0512. The molecule has 0 aliphatic carbocycles. The van der Waals surface area contributed by atoms with Crippen LogP contribution < -0.4 is 4.74 Å². The van der Waals surface area contributed by atoms with E-state index in [1.807, 2.05) is 0 Å². The molecule has 0 saturated carbocycles. The fourth-order valence-corrected chi connectivity index (χ4v) is 3.21. The van der Waals surface area contributed by atoms with E-state index >= 15 is 0 Å². The number of ether oxygens (including phenoxy) is 1. The van der Waals surface area contributed by atoms with Gasteiger partial charge in [-0.1, -0.05) is 12.1 Å². The van der Waals surface area contributed by atoms with Gasteiger partial charge in [0, 0.05) is 0 Å². The Kier molecular flexibility index (Phi) is 4.28. The van der Waals surface area contributed by atoms with Gasteiger partial charge in [0.05, 0.1) is 23.3 Å². The van der Waals surface area contributed by atoms with E-state index in [9.17, 15) is 13.2 Å². The molecule has 0 fully saturated rings. The molecule has 5 nitrogen and oxygen atoms in total. The maximum atomic E-state index is 12.3. The van der Waals surface area contributed by atoms with E-state index in [-0.39, 0.29) is 16.2 Å². The summed E-state index contributed by atoms with van der Waals surface area (Å²) in [6.45, 7) is 0. The lowest BCUT2D eigenvalue weighted by molar-refractivity contribution is 0.0696. The lowest BCUT2D eigenvalue weighted by Crippen LogP contribution is -2.06. The van der Waals surface area contributed by atoms with Gasteiger partial charge >= 0.3 is 5.97 Å². The van der Waals surface area contributed by atoms with Crippen LogP contribution in [-0.4, -0.2) is 26.6 Å². The molecular weight excluding hydrogens is 292 g/mol. The van der Waals surface area contributed by atoms with Crippen LogP contribution in [0.25, 0.3) is 0 Å². The number of benzene rings is 2. The summed E-state index contributed by atoms with van der Waals surface area (Å²) in [5.74, 6) is -0.674. The average Bonchev–Trinajstić information content (AvgIpc) is 2.47. The fourth-order valence-electron chi connectivity index (χ4n) is 1.87. The van der Waals surface area contributed by atoms with E-state index < -0.39 is 15.8 Å². The standard InChI is InChI=1S/C15H14O5S/c1-20-13-4-2-3-11(9-13)10-21(18,19)14-7-5-12(6-8-14)15(16)17/h2-9H,10H2,1H3,(H,16,17). The number of carbonyl (C=O) groups is 1. The van der Waals surface area contributed by atoms with Crippen LogP contribution in [0.5, 0.6) is 5.75 Å². The van der Waals surface area contributed by atoms with Gasteiger partial charge in [-0.2, -0.15) is 0 Å². The van der Waals surface area contributed by atoms with E-state index in [1.54, 1.807) is 24.3 Å². The van der Waals surface area contributed by atoms with Gasteiger partial charge < -0.3 is 9.84 Å². The molecule has 0 aliphatic heterocycles. The molecule has 2 rings (SSSR count). The lowest BCUT2D eigenvalue weighted by Gasteiger charge is -2.07. The summed E-state index contributed by atoms with van der Waals surface area (Å²) >= 11 is 0. The van der Waals surface area contributed by atoms with Crippen molar-refractivity contribution in [3.05, 3.63) is 59.7 Å². The van der Waals surface area contributed by atoms with E-state index in [4.69, 9.17) is 9.84 Å². The van der Waals surface area contributed by atoms with Gasteiger partial charge in [0.1, 0.15) is 5.75 Å². The number of hydrogen-bond donors (Lipinski definition) is 1. The third kappa shape index (κ3) is 3.61. The summed E-state index contributed by atoms with van der Waals surface area (Å²) in [6, 6.07) is 12.0. The zero-order chi connectivity index (χ0) is 15.5. The van der Waals surface area contributed by atoms with Gasteiger partial charge in [-0.15, -0.1) is 0 Å². The highest BCUT2D eigenvalue weighted by atomic mass is 32.2. The molecule has 0 unspecified atom stereocenters. The number of hydrogen-bond acceptors (Lipinski definition) is 4. The van der Waals surface area contributed by atoms with Crippen LogP contribution in [-0.2, 0) is 15.6 Å². The molecule has 0 bridgehead atoms. The molecule has 110 valence electrons. The molecule has 0 aromatic heterocycles. The van der Waals surface area contributed by atoms with Crippen molar-refractivity contribution in [2.45, 2.75) is 10.6 Å². The van der Waals surface area contributed by atoms with E-state index in [0.717, 1.165) is 0 Å². The lowest BCUT2D eigenvalue weighted by atomic mass is 10.2. The minimum atomic E-state index is -3.53. The maximum absolute atomic E-state index is 12.3. The van der Waals surface area contributed by atoms with Gasteiger partial charge in [0.2, 0.25) is 0 Å². The number of aromatic carboxylic acids is 1. The topological polar surface area (TPSA) is 80.7 Å². The largest absolute Gasteiger partial charge is 0.497 e. The van der Waals surface area contributed by atoms with Gasteiger partial charge in [-0.05, 0) is 42.0 Å². The molecular formula is C15H14O5S. The molecule has 1 N–H and O–H groups in total. The molecule has 2 aromatic rings. The Morgan fingerprint density at radius 1 is 1.14 bits per heavy atom. The number of carboxylic acids is 1. The SMILES string of the molecule is COc1cccc(CS(=O)(=O)c2ccc(C(=O)O)cc2)c1. The molecule has 0 atom stereocenters. The van der Waals surface area contributed by atoms with E-state index in [0.29, 0.717) is 11.3 Å². The van der Waals surface area contributed by atoms with Crippen LogP contribution in [0, 0.1) is 0 Å². The highest BCUT2D eigenvalue weighted by molar-refractivity contribution is 7.90. The minimum Gasteiger partial charge on any atom is -0.497 e. The first-order chi connectivity index (χ1) is 9.92. The monoisotopic (exact) mass is 306 g/mol. The first-order valence-electron chi connectivity index (χ1n) is 6.11. The van der Waals surface area contributed by atoms with Crippen molar-refractivity contribution >= 4 is 15.8 Å². The van der Waals surface area contributed by atoms with Crippen LogP contribution >= 0.6 is 0 Å². The summed E-state index contributed by atoms with van der Waals surface area (Å²) < 4.78 is 29.6. The Morgan fingerprint density at radius 2 is 1.81 bits per heavy atom. The number of methoxy groups -OCH3 is 1. The van der Waals surface area contributed by atoms with Gasteiger partial charge in [0.25, 0.3) is 0 Å². The molecule has 0 radical (unpaired) electrons. The predicted molar refractivity (Wildman–Crippen MR) is 77.3 cm³/mol. The molecule has 6 heteroatoms. The second kappa shape index (κ2) is 5.97. The van der Waals surface area contributed by atoms with Crippen molar-refractivity contribution in [3.63, 3.8) is 0 Å². The average molecular weight is 306 g/mol. The highest BCUT2D eigenvalue weighted by Crippen LogP contribution is 2.20. The van der Waals surface area contributed by atoms with Gasteiger partial charge in [0.15, 0.2) is 9.84 Å². The summed E-state index contributed by atoms with van der Waals surface area (Å²) in [6.07, 6.45) is 0. The van der Waals surface area contributed by atoms with Crippen molar-refractivity contribution in [1.82, 2.24) is 0 Å². The summed E-state index contributed by atoms with van der Waals surface area (Å²) in [5.41, 5.74) is 0.659. The van der Waals surface area contributed by atoms with E-state index in [2.05, 4.69) is 0 Å². The molecule has 0 spiro atoms. The Bertz CT molecular complexity index is 748. The number of sulfone groups is 1. The summed E-state index contributed by atoms with van der Waals surface area (Å²) in [5, 5.41) is 8.81. The van der Waals surface area contributed by atoms with Crippen LogP contribution in [0.3, 0.4) is 0 Å². The summed E-state index contributed by atoms with van der Waals surface area (Å²) in [7, 11) is -2.02. The summed E-state index contributed by atoms with van der Waals surface area (Å²) in [4.78, 5) is 10.9. The zero-order valence-electron chi connectivity index (χ0n) is 11.3. The van der Waals surface area contributed by atoms with Crippen molar-refractivity contribution in [1.29, 1.82) is 0 Å². The maximum Gasteiger partial charge on any atom is 0.335 e.